The van der Waals surface area contributed by atoms with E-state index in [1.54, 1.807) is 4.31 Å². The molecule has 2 rings (SSSR count). The maximum Gasteiger partial charge on any atom is 0.246 e. The van der Waals surface area contributed by atoms with Crippen LogP contribution in [0.25, 0.3) is 0 Å². The first-order valence-electron chi connectivity index (χ1n) is 4.10. The Morgan fingerprint density at radius 3 is 2.64 bits per heavy atom. The van der Waals surface area contributed by atoms with Crippen molar-refractivity contribution in [1.82, 2.24) is 9.62 Å². The fourth-order valence-corrected chi connectivity index (χ4v) is 2.24. The van der Waals surface area contributed by atoms with E-state index < -0.39 is 0 Å². The molecule has 0 saturated carbocycles. The monoisotopic (exact) mass is 224 g/mol. The third-order valence-corrected chi connectivity index (χ3v) is 3.17. The number of rotatable bonds is 2. The summed E-state index contributed by atoms with van der Waals surface area (Å²) in [7, 11) is 0. The van der Waals surface area contributed by atoms with Crippen molar-refractivity contribution in [2.45, 2.75) is 4.90 Å². The SMILES string of the molecule is O=C1CN(Sc2ccccc2)C(=S)N1. The van der Waals surface area contributed by atoms with Crippen molar-refractivity contribution in [2.75, 3.05) is 6.54 Å². The lowest BCUT2D eigenvalue weighted by atomic mass is 10.4. The summed E-state index contributed by atoms with van der Waals surface area (Å²) in [6.45, 7) is 0.332. The van der Waals surface area contributed by atoms with Crippen LogP contribution in [0.2, 0.25) is 0 Å². The first-order valence-corrected chi connectivity index (χ1v) is 5.28. The van der Waals surface area contributed by atoms with Crippen molar-refractivity contribution < 1.29 is 4.79 Å². The van der Waals surface area contributed by atoms with E-state index in [-0.39, 0.29) is 5.91 Å². The van der Waals surface area contributed by atoms with Crippen LogP contribution in [0, 0.1) is 0 Å². The molecule has 0 atom stereocenters. The van der Waals surface area contributed by atoms with Crippen LogP contribution in [0.4, 0.5) is 0 Å². The molecule has 0 bridgehead atoms. The molecule has 1 aromatic carbocycles. The Hall–Kier alpha value is -1.07. The molecule has 0 aliphatic carbocycles. The molecule has 14 heavy (non-hydrogen) atoms. The van der Waals surface area contributed by atoms with Crippen molar-refractivity contribution in [3.8, 4) is 0 Å². The molecular weight excluding hydrogens is 216 g/mol. The molecule has 1 aliphatic heterocycles. The maximum atomic E-state index is 11.0. The average Bonchev–Trinajstić information content (AvgIpc) is 2.47. The van der Waals surface area contributed by atoms with E-state index >= 15 is 0 Å². The van der Waals surface area contributed by atoms with Gasteiger partial charge >= 0.3 is 0 Å². The lowest BCUT2D eigenvalue weighted by Gasteiger charge is -2.12. The highest BCUT2D eigenvalue weighted by Crippen LogP contribution is 2.23. The minimum Gasteiger partial charge on any atom is -0.301 e. The van der Waals surface area contributed by atoms with Gasteiger partial charge in [-0.2, -0.15) is 0 Å². The van der Waals surface area contributed by atoms with Gasteiger partial charge in [0.1, 0.15) is 6.54 Å². The van der Waals surface area contributed by atoms with Gasteiger partial charge in [0, 0.05) is 4.90 Å². The van der Waals surface area contributed by atoms with Gasteiger partial charge in [0.25, 0.3) is 0 Å². The van der Waals surface area contributed by atoms with Gasteiger partial charge in [-0.3, -0.25) is 9.10 Å². The second kappa shape index (κ2) is 3.98. The molecule has 1 aromatic rings. The summed E-state index contributed by atoms with van der Waals surface area (Å²) in [6.07, 6.45) is 0. The van der Waals surface area contributed by atoms with Crippen molar-refractivity contribution in [3.05, 3.63) is 30.3 Å². The summed E-state index contributed by atoms with van der Waals surface area (Å²) in [5.74, 6) is -0.0431. The second-order valence-corrected chi connectivity index (χ2v) is 4.28. The molecule has 1 heterocycles. The third-order valence-electron chi connectivity index (χ3n) is 1.72. The number of benzene rings is 1. The van der Waals surface area contributed by atoms with E-state index in [9.17, 15) is 4.79 Å². The zero-order valence-electron chi connectivity index (χ0n) is 7.27. The molecule has 1 aliphatic rings. The minimum absolute atomic E-state index is 0.0431. The molecule has 1 N–H and O–H groups in total. The maximum absolute atomic E-state index is 11.0. The first kappa shape index (κ1) is 9.48. The van der Waals surface area contributed by atoms with Crippen molar-refractivity contribution >= 4 is 35.2 Å². The van der Waals surface area contributed by atoms with Gasteiger partial charge < -0.3 is 5.32 Å². The van der Waals surface area contributed by atoms with Crippen LogP contribution < -0.4 is 5.32 Å². The molecule has 0 radical (unpaired) electrons. The molecule has 0 aromatic heterocycles. The fraction of sp³-hybridized carbons (Fsp3) is 0.111. The molecule has 1 fully saturated rings. The highest BCUT2D eigenvalue weighted by Gasteiger charge is 2.23. The summed E-state index contributed by atoms with van der Waals surface area (Å²) in [5, 5.41) is 3.07. The molecule has 1 saturated heterocycles. The summed E-state index contributed by atoms with van der Waals surface area (Å²) in [4.78, 5) is 12.1. The molecule has 1 amide bonds. The van der Waals surface area contributed by atoms with Crippen LogP contribution in [0.3, 0.4) is 0 Å². The molecule has 5 heteroatoms. The Morgan fingerprint density at radius 2 is 2.07 bits per heavy atom. The van der Waals surface area contributed by atoms with Crippen LogP contribution in [-0.4, -0.2) is 21.9 Å². The van der Waals surface area contributed by atoms with Gasteiger partial charge in [0.2, 0.25) is 5.91 Å². The molecule has 0 spiro atoms. The number of hydrogen-bond acceptors (Lipinski definition) is 3. The summed E-state index contributed by atoms with van der Waals surface area (Å²) in [5.41, 5.74) is 0. The van der Waals surface area contributed by atoms with Gasteiger partial charge in [-0.25, -0.2) is 0 Å². The van der Waals surface area contributed by atoms with Crippen molar-refractivity contribution in [2.24, 2.45) is 0 Å². The predicted molar refractivity (Wildman–Crippen MR) is 59.7 cm³/mol. The summed E-state index contributed by atoms with van der Waals surface area (Å²) in [6, 6.07) is 9.83. The third kappa shape index (κ3) is 2.05. The van der Waals surface area contributed by atoms with Crippen molar-refractivity contribution in [3.63, 3.8) is 0 Å². The first-order chi connectivity index (χ1) is 6.75. The Kier molecular flexibility index (Phi) is 2.69. The van der Waals surface area contributed by atoms with Gasteiger partial charge in [-0.15, -0.1) is 0 Å². The van der Waals surface area contributed by atoms with E-state index in [1.165, 1.54) is 11.9 Å². The number of hydrogen-bond donors (Lipinski definition) is 1. The summed E-state index contributed by atoms with van der Waals surface area (Å²) < 4.78 is 1.77. The lowest BCUT2D eigenvalue weighted by molar-refractivity contribution is -0.118. The van der Waals surface area contributed by atoms with Gasteiger partial charge in [-0.1, -0.05) is 18.2 Å². The normalized spacial score (nSPS) is 15.9. The number of thiocarbonyl (C=S) groups is 1. The van der Waals surface area contributed by atoms with Gasteiger partial charge in [0.05, 0.1) is 0 Å². The Balaban J connectivity index is 2.05. The number of nitrogens with zero attached hydrogens (tertiary/aromatic N) is 1. The van der Waals surface area contributed by atoms with Crippen LogP contribution in [0.1, 0.15) is 0 Å². The van der Waals surface area contributed by atoms with Gasteiger partial charge in [-0.05, 0) is 36.3 Å². The summed E-state index contributed by atoms with van der Waals surface area (Å²) >= 11 is 6.46. The second-order valence-electron chi connectivity index (χ2n) is 2.79. The van der Waals surface area contributed by atoms with E-state index in [0.29, 0.717) is 11.7 Å². The largest absolute Gasteiger partial charge is 0.301 e. The van der Waals surface area contributed by atoms with Crippen LogP contribution in [-0.2, 0) is 4.79 Å². The standard InChI is InChI=1S/C9H8N2OS2/c12-8-6-11(9(13)10-8)14-7-4-2-1-3-5-7/h1-5H,6H2,(H,10,12,13). The molecular formula is C9H8N2OS2. The lowest BCUT2D eigenvalue weighted by Crippen LogP contribution is -2.22. The minimum atomic E-state index is -0.0431. The fourth-order valence-electron chi connectivity index (χ4n) is 1.11. The smallest absolute Gasteiger partial charge is 0.246 e. The number of nitrogens with one attached hydrogen (secondary N) is 1. The highest BCUT2D eigenvalue weighted by atomic mass is 32.2. The van der Waals surface area contributed by atoms with E-state index in [1.807, 2.05) is 30.3 Å². The Morgan fingerprint density at radius 1 is 1.36 bits per heavy atom. The number of carbonyl (C=O) groups is 1. The van der Waals surface area contributed by atoms with E-state index in [4.69, 9.17) is 12.2 Å². The molecule has 72 valence electrons. The quantitative estimate of drug-likeness (QED) is 0.608. The predicted octanol–water partition coefficient (Wildman–Crippen LogP) is 1.41. The molecule has 0 unspecified atom stereocenters. The highest BCUT2D eigenvalue weighted by molar-refractivity contribution is 7.98. The Labute approximate surface area is 91.6 Å². The Bertz CT molecular complexity index is 366. The topological polar surface area (TPSA) is 32.3 Å². The number of amides is 1. The van der Waals surface area contributed by atoms with Crippen molar-refractivity contribution in [1.29, 1.82) is 0 Å². The zero-order chi connectivity index (χ0) is 9.97. The average molecular weight is 224 g/mol. The van der Waals surface area contributed by atoms with Gasteiger partial charge in [0.15, 0.2) is 5.11 Å². The van der Waals surface area contributed by atoms with E-state index in [2.05, 4.69) is 5.32 Å². The zero-order valence-corrected chi connectivity index (χ0v) is 8.90. The molecule has 3 nitrogen and oxygen atoms in total. The van der Waals surface area contributed by atoms with Crippen LogP contribution >= 0.6 is 24.2 Å². The van der Waals surface area contributed by atoms with Crippen LogP contribution in [0.15, 0.2) is 35.2 Å². The van der Waals surface area contributed by atoms with E-state index in [0.717, 1.165) is 4.90 Å². The van der Waals surface area contributed by atoms with Crippen LogP contribution in [0.5, 0.6) is 0 Å². The number of carbonyl (C=O) groups excluding carboxylic acids is 1.